The maximum atomic E-state index is 13.0. The lowest BCUT2D eigenvalue weighted by Crippen LogP contribution is -2.54. The van der Waals surface area contributed by atoms with Crippen LogP contribution in [0.1, 0.15) is 54.4 Å². The minimum Gasteiger partial charge on any atom is -0.511 e. The molecule has 1 N–H and O–H groups in total. The van der Waals surface area contributed by atoms with Gasteiger partial charge < -0.3 is 9.84 Å². The molecule has 3 aliphatic carbocycles. The minimum absolute atomic E-state index is 0.000493. The summed E-state index contributed by atoms with van der Waals surface area (Å²) in [5.74, 6) is -1.05. The van der Waals surface area contributed by atoms with Gasteiger partial charge in [-0.2, -0.15) is 12.6 Å². The molecule has 0 aromatic carbocycles. The van der Waals surface area contributed by atoms with Gasteiger partial charge in [0.2, 0.25) is 0 Å². The van der Waals surface area contributed by atoms with Crippen LogP contribution in [0.25, 0.3) is 0 Å². The second-order valence-electron chi connectivity index (χ2n) is 6.99. The van der Waals surface area contributed by atoms with Crippen molar-refractivity contribution in [3.8, 4) is 12.3 Å². The van der Waals surface area contributed by atoms with Crippen molar-refractivity contribution in [3.63, 3.8) is 0 Å². The third-order valence-electron chi connectivity index (χ3n) is 5.53. The second-order valence-corrected chi connectivity index (χ2v) is 7.62. The molecule has 3 aliphatic rings. The summed E-state index contributed by atoms with van der Waals surface area (Å²) in [7, 11) is 0. The number of carbonyl (C=O) groups is 3. The average molecular weight is 421 g/mol. The third kappa shape index (κ3) is 4.51. The average Bonchev–Trinajstić information content (AvgIpc) is 3.54. The Hall–Kier alpha value is -1.84. The van der Waals surface area contributed by atoms with Gasteiger partial charge >= 0.3 is 0 Å². The summed E-state index contributed by atoms with van der Waals surface area (Å²) in [6, 6.07) is 0. The number of hydrogen-bond acceptors (Lipinski definition) is 6. The number of fused-ring (bicyclic) bond motifs is 1. The van der Waals surface area contributed by atoms with Crippen molar-refractivity contribution in [3.05, 3.63) is 23.0 Å². The minimum atomic E-state index is -1.39. The number of Topliss-reactive ketones (excluding diaryl/α,β-unsaturated/α-hetero) is 3. The van der Waals surface area contributed by atoms with E-state index in [1.807, 2.05) is 27.7 Å². The van der Waals surface area contributed by atoms with Crippen LogP contribution in [0.3, 0.4) is 0 Å². The van der Waals surface area contributed by atoms with Crippen LogP contribution in [-0.2, 0) is 19.1 Å². The molecule has 5 unspecified atom stereocenters. The summed E-state index contributed by atoms with van der Waals surface area (Å²) in [6.45, 7) is 11.2. The van der Waals surface area contributed by atoms with Crippen LogP contribution in [0.15, 0.2) is 23.0 Å². The molecule has 0 aromatic heterocycles. The Labute approximate surface area is 179 Å². The van der Waals surface area contributed by atoms with Crippen LogP contribution in [-0.4, -0.2) is 39.9 Å². The van der Waals surface area contributed by atoms with E-state index >= 15 is 0 Å². The van der Waals surface area contributed by atoms with E-state index in [0.717, 1.165) is 0 Å². The van der Waals surface area contributed by atoms with Crippen molar-refractivity contribution >= 4 is 30.0 Å². The number of allylic oxidation sites excluding steroid dienone is 3. The second kappa shape index (κ2) is 10.3. The molecule has 0 saturated heterocycles. The smallest absolute Gasteiger partial charge is 0.182 e. The number of ether oxygens (including phenoxy) is 1. The first-order chi connectivity index (χ1) is 13.7. The molecule has 2 saturated carbocycles. The lowest BCUT2D eigenvalue weighted by atomic mass is 9.72. The first-order valence-corrected chi connectivity index (χ1v) is 10.7. The largest absolute Gasteiger partial charge is 0.511 e. The standard InChI is InChI=1S/C19H20O5S.2C2H6/c1-4-7-24-19(3)12-8-11(12)17(22)14(18(19)23)16(21)10-5-6-13(25)15(20)9(10)2;2*1-2/h1,5,11-14,20,25H,6-8H2,2-3H3;2*1-2H3. The van der Waals surface area contributed by atoms with Gasteiger partial charge in [-0.05, 0) is 32.3 Å². The predicted octanol–water partition coefficient (Wildman–Crippen LogP) is 3.88. The number of aliphatic hydroxyl groups is 1. The molecular weight excluding hydrogens is 388 g/mol. The molecule has 6 heteroatoms. The monoisotopic (exact) mass is 420 g/mol. The molecule has 29 heavy (non-hydrogen) atoms. The van der Waals surface area contributed by atoms with Gasteiger partial charge in [-0.25, -0.2) is 0 Å². The van der Waals surface area contributed by atoms with Gasteiger partial charge in [-0.3, -0.25) is 14.4 Å². The Morgan fingerprint density at radius 1 is 1.34 bits per heavy atom. The van der Waals surface area contributed by atoms with E-state index in [1.54, 1.807) is 19.9 Å². The molecule has 0 amide bonds. The molecule has 0 radical (unpaired) electrons. The summed E-state index contributed by atoms with van der Waals surface area (Å²) in [6.07, 6.45) is 7.75. The van der Waals surface area contributed by atoms with Crippen LogP contribution < -0.4 is 0 Å². The molecule has 0 aliphatic heterocycles. The van der Waals surface area contributed by atoms with E-state index in [4.69, 9.17) is 11.2 Å². The summed E-state index contributed by atoms with van der Waals surface area (Å²) < 4.78 is 5.58. The number of ketones is 3. The third-order valence-corrected chi connectivity index (χ3v) is 5.99. The van der Waals surface area contributed by atoms with Gasteiger partial charge in [0.1, 0.15) is 23.9 Å². The van der Waals surface area contributed by atoms with Crippen molar-refractivity contribution in [2.75, 3.05) is 6.61 Å². The fourth-order valence-corrected chi connectivity index (χ4v) is 4.17. The Morgan fingerprint density at radius 2 is 1.93 bits per heavy atom. The zero-order chi connectivity index (χ0) is 22.5. The molecule has 5 atom stereocenters. The summed E-state index contributed by atoms with van der Waals surface area (Å²) in [5.41, 5.74) is -0.638. The molecule has 5 nitrogen and oxygen atoms in total. The molecule has 0 bridgehead atoms. The number of terminal acetylenes is 1. The molecule has 0 heterocycles. The zero-order valence-electron chi connectivity index (χ0n) is 18.1. The molecule has 2 fully saturated rings. The SMILES string of the molecule is C#CCOC1(C)C(=O)C(C(=O)C2=CCC(S)C(O)=C2C)C(=O)C2CC21.CC.CC. The van der Waals surface area contributed by atoms with Gasteiger partial charge in [-0.15, -0.1) is 6.42 Å². The lowest BCUT2D eigenvalue weighted by molar-refractivity contribution is -0.159. The number of rotatable bonds is 4. The van der Waals surface area contributed by atoms with Crippen LogP contribution in [0.2, 0.25) is 0 Å². The van der Waals surface area contributed by atoms with Crippen LogP contribution >= 0.6 is 12.6 Å². The van der Waals surface area contributed by atoms with E-state index in [0.29, 0.717) is 18.4 Å². The predicted molar refractivity (Wildman–Crippen MR) is 117 cm³/mol. The van der Waals surface area contributed by atoms with E-state index in [-0.39, 0.29) is 40.8 Å². The molecule has 0 aromatic rings. The summed E-state index contributed by atoms with van der Waals surface area (Å²) in [4.78, 5) is 38.6. The number of carbonyl (C=O) groups excluding carboxylic acids is 3. The Morgan fingerprint density at radius 3 is 2.48 bits per heavy atom. The van der Waals surface area contributed by atoms with Crippen molar-refractivity contribution in [2.24, 2.45) is 17.8 Å². The van der Waals surface area contributed by atoms with Crippen LogP contribution in [0.4, 0.5) is 0 Å². The highest BCUT2D eigenvalue weighted by Crippen LogP contribution is 2.55. The van der Waals surface area contributed by atoms with E-state index < -0.39 is 23.1 Å². The van der Waals surface area contributed by atoms with Crippen molar-refractivity contribution in [1.82, 2.24) is 0 Å². The van der Waals surface area contributed by atoms with Crippen molar-refractivity contribution in [2.45, 2.75) is 65.2 Å². The molecule has 3 rings (SSSR count). The van der Waals surface area contributed by atoms with Gasteiger partial charge in [0, 0.05) is 17.4 Å². The normalized spacial score (nSPS) is 32.6. The maximum Gasteiger partial charge on any atom is 0.182 e. The van der Waals surface area contributed by atoms with E-state index in [2.05, 4.69) is 18.5 Å². The highest BCUT2D eigenvalue weighted by Gasteiger charge is 2.66. The van der Waals surface area contributed by atoms with Crippen LogP contribution in [0, 0.1) is 30.1 Å². The van der Waals surface area contributed by atoms with Gasteiger partial charge in [0.15, 0.2) is 17.3 Å². The van der Waals surface area contributed by atoms with Gasteiger partial charge in [-0.1, -0.05) is 39.7 Å². The van der Waals surface area contributed by atoms with Gasteiger partial charge in [0.25, 0.3) is 0 Å². The number of aliphatic hydroxyl groups excluding tert-OH is 1. The summed E-state index contributed by atoms with van der Waals surface area (Å²) >= 11 is 4.24. The summed E-state index contributed by atoms with van der Waals surface area (Å²) in [5, 5.41) is 9.69. The van der Waals surface area contributed by atoms with E-state index in [9.17, 15) is 19.5 Å². The first-order valence-electron chi connectivity index (χ1n) is 10.2. The Balaban J connectivity index is 0.000000989. The molecule has 160 valence electrons. The number of hydrogen-bond donors (Lipinski definition) is 2. The topological polar surface area (TPSA) is 80.7 Å². The Bertz CT molecular complexity index is 773. The first kappa shape index (κ1) is 25.2. The number of thiol groups is 1. The zero-order valence-corrected chi connectivity index (χ0v) is 19.0. The fraction of sp³-hybridized carbons (Fsp3) is 0.609. The quantitative estimate of drug-likeness (QED) is 0.410. The Kier molecular flexibility index (Phi) is 8.92. The maximum absolute atomic E-state index is 13.0. The highest BCUT2D eigenvalue weighted by molar-refractivity contribution is 7.81. The van der Waals surface area contributed by atoms with Crippen LogP contribution in [0.5, 0.6) is 0 Å². The van der Waals surface area contributed by atoms with Gasteiger partial charge in [0.05, 0.1) is 5.25 Å². The molecule has 0 spiro atoms. The molecular formula is C23H32O5S. The fourth-order valence-electron chi connectivity index (χ4n) is 3.87. The van der Waals surface area contributed by atoms with Crippen molar-refractivity contribution in [1.29, 1.82) is 0 Å². The van der Waals surface area contributed by atoms with E-state index in [1.165, 1.54) is 0 Å². The lowest BCUT2D eigenvalue weighted by Gasteiger charge is -2.35. The van der Waals surface area contributed by atoms with Crippen molar-refractivity contribution < 1.29 is 24.2 Å². The highest BCUT2D eigenvalue weighted by atomic mass is 32.1.